The molecule has 0 radical (unpaired) electrons. The standard InChI is InChI=1S/C20H25NO4/c1-14-11-15(2)13-19(12-14)25-16(3)20(22)21-9-10-24-18-7-5-17(23-4)6-8-18/h5-8,11-13,16H,9-10H2,1-4H3,(H,21,22). The fraction of sp³-hybridized carbons (Fsp3) is 0.350. The predicted molar refractivity (Wildman–Crippen MR) is 97.5 cm³/mol. The minimum absolute atomic E-state index is 0.169. The van der Waals surface area contributed by atoms with Gasteiger partial charge in [-0.1, -0.05) is 6.07 Å². The van der Waals surface area contributed by atoms with E-state index in [1.807, 2.05) is 50.2 Å². The van der Waals surface area contributed by atoms with Crippen LogP contribution in [0, 0.1) is 13.8 Å². The maximum absolute atomic E-state index is 12.1. The Hall–Kier alpha value is -2.69. The van der Waals surface area contributed by atoms with E-state index in [1.54, 1.807) is 14.0 Å². The average Bonchev–Trinajstić information content (AvgIpc) is 2.58. The highest BCUT2D eigenvalue weighted by atomic mass is 16.5. The van der Waals surface area contributed by atoms with Crippen LogP contribution in [0.3, 0.4) is 0 Å². The van der Waals surface area contributed by atoms with Gasteiger partial charge in [-0.25, -0.2) is 0 Å². The lowest BCUT2D eigenvalue weighted by Gasteiger charge is -2.16. The Labute approximate surface area is 148 Å². The van der Waals surface area contributed by atoms with Gasteiger partial charge in [-0.05, 0) is 68.3 Å². The van der Waals surface area contributed by atoms with Crippen molar-refractivity contribution in [2.45, 2.75) is 26.9 Å². The molecule has 134 valence electrons. The summed E-state index contributed by atoms with van der Waals surface area (Å²) in [6.45, 7) is 6.53. The van der Waals surface area contributed by atoms with E-state index in [1.165, 1.54) is 0 Å². The summed E-state index contributed by atoms with van der Waals surface area (Å²) < 4.78 is 16.4. The second-order valence-electron chi connectivity index (χ2n) is 5.90. The summed E-state index contributed by atoms with van der Waals surface area (Å²) in [7, 11) is 1.62. The number of hydrogen-bond acceptors (Lipinski definition) is 4. The van der Waals surface area contributed by atoms with Crippen molar-refractivity contribution in [3.05, 3.63) is 53.6 Å². The first-order valence-corrected chi connectivity index (χ1v) is 8.27. The summed E-state index contributed by atoms with van der Waals surface area (Å²) in [5, 5.41) is 2.81. The van der Waals surface area contributed by atoms with Crippen molar-refractivity contribution in [3.8, 4) is 17.2 Å². The van der Waals surface area contributed by atoms with E-state index >= 15 is 0 Å². The molecule has 0 aromatic heterocycles. The number of aryl methyl sites for hydroxylation is 2. The molecular formula is C20H25NO4. The number of carbonyl (C=O) groups is 1. The van der Waals surface area contributed by atoms with Crippen molar-refractivity contribution < 1.29 is 19.0 Å². The van der Waals surface area contributed by atoms with Crippen molar-refractivity contribution in [1.29, 1.82) is 0 Å². The van der Waals surface area contributed by atoms with Crippen molar-refractivity contribution >= 4 is 5.91 Å². The third-order valence-electron chi connectivity index (χ3n) is 3.61. The van der Waals surface area contributed by atoms with Crippen LogP contribution in [0.5, 0.6) is 17.2 Å². The minimum Gasteiger partial charge on any atom is -0.497 e. The van der Waals surface area contributed by atoms with Crippen LogP contribution in [-0.4, -0.2) is 32.3 Å². The zero-order valence-corrected chi connectivity index (χ0v) is 15.2. The minimum atomic E-state index is -0.567. The smallest absolute Gasteiger partial charge is 0.260 e. The van der Waals surface area contributed by atoms with Gasteiger partial charge in [-0.2, -0.15) is 0 Å². The van der Waals surface area contributed by atoms with Crippen LogP contribution in [-0.2, 0) is 4.79 Å². The highest BCUT2D eigenvalue weighted by molar-refractivity contribution is 5.80. The van der Waals surface area contributed by atoms with Crippen molar-refractivity contribution in [3.63, 3.8) is 0 Å². The number of methoxy groups -OCH3 is 1. The van der Waals surface area contributed by atoms with Crippen molar-refractivity contribution in [2.75, 3.05) is 20.3 Å². The summed E-state index contributed by atoms with van der Waals surface area (Å²) in [5.74, 6) is 2.04. The van der Waals surface area contributed by atoms with Crippen LogP contribution >= 0.6 is 0 Å². The van der Waals surface area contributed by atoms with E-state index in [9.17, 15) is 4.79 Å². The maximum atomic E-state index is 12.1. The normalized spacial score (nSPS) is 11.5. The first kappa shape index (κ1) is 18.6. The Bertz CT molecular complexity index is 677. The molecule has 0 fully saturated rings. The molecule has 5 heteroatoms. The second kappa shape index (κ2) is 8.97. The molecule has 0 aliphatic rings. The second-order valence-corrected chi connectivity index (χ2v) is 5.90. The van der Waals surface area contributed by atoms with E-state index < -0.39 is 6.10 Å². The molecule has 1 amide bonds. The number of nitrogens with one attached hydrogen (secondary N) is 1. The number of hydrogen-bond donors (Lipinski definition) is 1. The topological polar surface area (TPSA) is 56.8 Å². The summed E-state index contributed by atoms with van der Waals surface area (Å²) in [6.07, 6.45) is -0.567. The fourth-order valence-electron chi connectivity index (χ4n) is 2.42. The zero-order chi connectivity index (χ0) is 18.2. The molecule has 0 saturated carbocycles. The Morgan fingerprint density at radius 1 is 1.00 bits per heavy atom. The van der Waals surface area contributed by atoms with Crippen LogP contribution in [0.1, 0.15) is 18.1 Å². The van der Waals surface area contributed by atoms with Crippen molar-refractivity contribution in [1.82, 2.24) is 5.32 Å². The molecule has 2 aromatic carbocycles. The van der Waals surface area contributed by atoms with Crippen molar-refractivity contribution in [2.24, 2.45) is 0 Å². The molecule has 0 bridgehead atoms. The molecule has 0 spiro atoms. The van der Waals surface area contributed by atoms with Gasteiger partial charge in [0, 0.05) is 0 Å². The van der Waals surface area contributed by atoms with Gasteiger partial charge in [-0.15, -0.1) is 0 Å². The number of amides is 1. The third kappa shape index (κ3) is 6.03. The van der Waals surface area contributed by atoms with E-state index in [0.717, 1.165) is 22.6 Å². The van der Waals surface area contributed by atoms with Crippen LogP contribution < -0.4 is 19.5 Å². The zero-order valence-electron chi connectivity index (χ0n) is 15.2. The lowest BCUT2D eigenvalue weighted by atomic mass is 10.1. The van der Waals surface area contributed by atoms with E-state index in [4.69, 9.17) is 14.2 Å². The predicted octanol–water partition coefficient (Wildman–Crippen LogP) is 3.27. The van der Waals surface area contributed by atoms with Crippen LogP contribution in [0.25, 0.3) is 0 Å². The molecule has 0 heterocycles. The molecule has 2 aromatic rings. The van der Waals surface area contributed by atoms with Gasteiger partial charge >= 0.3 is 0 Å². The third-order valence-corrected chi connectivity index (χ3v) is 3.61. The molecule has 1 unspecified atom stereocenters. The van der Waals surface area contributed by atoms with Gasteiger partial charge in [0.05, 0.1) is 13.7 Å². The largest absolute Gasteiger partial charge is 0.497 e. The highest BCUT2D eigenvalue weighted by Gasteiger charge is 2.14. The lowest BCUT2D eigenvalue weighted by molar-refractivity contribution is -0.127. The summed E-state index contributed by atoms with van der Waals surface area (Å²) in [6, 6.07) is 13.2. The summed E-state index contributed by atoms with van der Waals surface area (Å²) in [4.78, 5) is 12.1. The number of carbonyl (C=O) groups excluding carboxylic acids is 1. The lowest BCUT2D eigenvalue weighted by Crippen LogP contribution is -2.38. The van der Waals surface area contributed by atoms with Gasteiger partial charge in [0.2, 0.25) is 0 Å². The fourth-order valence-corrected chi connectivity index (χ4v) is 2.42. The first-order valence-electron chi connectivity index (χ1n) is 8.27. The maximum Gasteiger partial charge on any atom is 0.260 e. The average molecular weight is 343 g/mol. The van der Waals surface area contributed by atoms with Crippen LogP contribution in [0.4, 0.5) is 0 Å². The SMILES string of the molecule is COc1ccc(OCCNC(=O)C(C)Oc2cc(C)cc(C)c2)cc1. The van der Waals surface area contributed by atoms with Gasteiger partial charge in [0.1, 0.15) is 23.9 Å². The van der Waals surface area contributed by atoms with Gasteiger partial charge < -0.3 is 19.5 Å². The molecule has 1 N–H and O–H groups in total. The van der Waals surface area contributed by atoms with Crippen LogP contribution in [0.15, 0.2) is 42.5 Å². The Morgan fingerprint density at radius 2 is 1.60 bits per heavy atom. The number of benzene rings is 2. The molecule has 25 heavy (non-hydrogen) atoms. The van der Waals surface area contributed by atoms with Crippen LogP contribution in [0.2, 0.25) is 0 Å². The van der Waals surface area contributed by atoms with E-state index in [-0.39, 0.29) is 5.91 Å². The van der Waals surface area contributed by atoms with Gasteiger partial charge in [0.25, 0.3) is 5.91 Å². The molecule has 5 nitrogen and oxygen atoms in total. The van der Waals surface area contributed by atoms with E-state index in [2.05, 4.69) is 11.4 Å². The monoisotopic (exact) mass is 343 g/mol. The van der Waals surface area contributed by atoms with Gasteiger partial charge in [0.15, 0.2) is 6.10 Å². The molecular weight excluding hydrogens is 318 g/mol. The molecule has 2 rings (SSSR count). The highest BCUT2D eigenvalue weighted by Crippen LogP contribution is 2.18. The van der Waals surface area contributed by atoms with Gasteiger partial charge in [-0.3, -0.25) is 4.79 Å². The summed E-state index contributed by atoms with van der Waals surface area (Å²) in [5.41, 5.74) is 2.21. The Balaban J connectivity index is 1.73. The molecule has 0 aliphatic heterocycles. The molecule has 1 atom stereocenters. The molecule has 0 saturated heterocycles. The summed E-state index contributed by atoms with van der Waals surface area (Å²) >= 11 is 0. The number of rotatable bonds is 8. The molecule has 0 aliphatic carbocycles. The first-order chi connectivity index (χ1) is 12.0. The number of ether oxygens (including phenoxy) is 3. The Morgan fingerprint density at radius 3 is 2.20 bits per heavy atom. The Kier molecular flexibility index (Phi) is 6.69. The quantitative estimate of drug-likeness (QED) is 0.748. The van der Waals surface area contributed by atoms with E-state index in [0.29, 0.717) is 18.9 Å².